The maximum atomic E-state index is 10.1. The van der Waals surface area contributed by atoms with Crippen molar-refractivity contribution in [3.63, 3.8) is 0 Å². The van der Waals surface area contributed by atoms with E-state index in [1.54, 1.807) is 0 Å². The Morgan fingerprint density at radius 3 is 2.92 bits per heavy atom. The Bertz CT molecular complexity index is 268. The Morgan fingerprint density at radius 2 is 2.42 bits per heavy atom. The van der Waals surface area contributed by atoms with Crippen LogP contribution in [0.15, 0.2) is 18.7 Å². The SMILES string of the molecule is C[n+]1ccn(CCCC(=O)[O-])c1. The molecule has 0 aliphatic rings. The molecule has 1 heterocycles. The summed E-state index contributed by atoms with van der Waals surface area (Å²) in [7, 11) is 1.93. The number of nitrogens with zero attached hydrogens (tertiary/aromatic N) is 2. The standard InChI is InChI=1S/C8H12N2O2/c1-9-5-6-10(7-9)4-2-3-8(11)12/h5-7H,2-4H2,1H3. The lowest BCUT2D eigenvalue weighted by molar-refractivity contribution is -0.671. The highest BCUT2D eigenvalue weighted by atomic mass is 16.4. The van der Waals surface area contributed by atoms with E-state index in [0.29, 0.717) is 6.42 Å². The molecule has 0 bridgehead atoms. The Labute approximate surface area is 71.1 Å². The number of aryl methyl sites for hydroxylation is 2. The molecule has 0 saturated heterocycles. The van der Waals surface area contributed by atoms with Crippen LogP contribution in [0, 0.1) is 0 Å². The number of carboxylic acids is 1. The van der Waals surface area contributed by atoms with Gasteiger partial charge < -0.3 is 9.90 Å². The van der Waals surface area contributed by atoms with Crippen molar-refractivity contribution in [2.45, 2.75) is 19.4 Å². The number of rotatable bonds is 4. The molecule has 0 fully saturated rings. The highest BCUT2D eigenvalue weighted by Gasteiger charge is 1.98. The van der Waals surface area contributed by atoms with Crippen molar-refractivity contribution in [1.29, 1.82) is 0 Å². The molecule has 66 valence electrons. The molecule has 0 saturated carbocycles. The fourth-order valence-corrected chi connectivity index (χ4v) is 1.04. The lowest BCUT2D eigenvalue weighted by Crippen LogP contribution is -2.24. The topological polar surface area (TPSA) is 48.9 Å². The third-order valence-electron chi connectivity index (χ3n) is 1.62. The van der Waals surface area contributed by atoms with Gasteiger partial charge in [0.1, 0.15) is 12.4 Å². The maximum absolute atomic E-state index is 10.1. The van der Waals surface area contributed by atoms with E-state index in [2.05, 4.69) is 0 Å². The summed E-state index contributed by atoms with van der Waals surface area (Å²) in [6, 6.07) is 0. The average molecular weight is 168 g/mol. The van der Waals surface area contributed by atoms with Crippen LogP contribution in [0.25, 0.3) is 0 Å². The molecule has 1 rings (SSSR count). The van der Waals surface area contributed by atoms with Gasteiger partial charge in [0.15, 0.2) is 0 Å². The van der Waals surface area contributed by atoms with Crippen LogP contribution in [-0.2, 0) is 18.4 Å². The molecule has 0 unspecified atom stereocenters. The molecule has 0 spiro atoms. The average Bonchev–Trinajstić information content (AvgIpc) is 2.35. The predicted octanol–water partition coefficient (Wildman–Crippen LogP) is -1.16. The molecule has 0 radical (unpaired) electrons. The highest BCUT2D eigenvalue weighted by Crippen LogP contribution is 1.92. The van der Waals surface area contributed by atoms with E-state index in [-0.39, 0.29) is 6.42 Å². The minimum Gasteiger partial charge on any atom is -0.550 e. The van der Waals surface area contributed by atoms with Gasteiger partial charge in [0.25, 0.3) is 0 Å². The first kappa shape index (κ1) is 8.77. The van der Waals surface area contributed by atoms with Crippen molar-refractivity contribution in [2.75, 3.05) is 0 Å². The number of imidazole rings is 1. The molecular formula is C8H12N2O2. The van der Waals surface area contributed by atoms with Gasteiger partial charge in [-0.25, -0.2) is 9.13 Å². The summed E-state index contributed by atoms with van der Waals surface area (Å²) in [5, 5.41) is 10.1. The van der Waals surface area contributed by atoms with Crippen molar-refractivity contribution in [3.8, 4) is 0 Å². The molecule has 0 aliphatic heterocycles. The summed E-state index contributed by atoms with van der Waals surface area (Å²) in [5.74, 6) is -0.980. The Kier molecular flexibility index (Phi) is 2.85. The number of hydrogen-bond donors (Lipinski definition) is 0. The molecule has 0 N–H and O–H groups in total. The minimum atomic E-state index is -0.980. The van der Waals surface area contributed by atoms with E-state index < -0.39 is 5.97 Å². The summed E-state index contributed by atoms with van der Waals surface area (Å²) >= 11 is 0. The molecule has 1 aromatic rings. The Hall–Kier alpha value is -1.32. The van der Waals surface area contributed by atoms with E-state index in [4.69, 9.17) is 0 Å². The zero-order valence-corrected chi connectivity index (χ0v) is 7.06. The molecule has 12 heavy (non-hydrogen) atoms. The van der Waals surface area contributed by atoms with Gasteiger partial charge in [-0.3, -0.25) is 0 Å². The van der Waals surface area contributed by atoms with Gasteiger partial charge in [-0.1, -0.05) is 0 Å². The first-order valence-corrected chi connectivity index (χ1v) is 3.89. The summed E-state index contributed by atoms with van der Waals surface area (Å²) in [4.78, 5) is 10.1. The number of aliphatic carboxylic acids is 1. The fraction of sp³-hybridized carbons (Fsp3) is 0.500. The summed E-state index contributed by atoms with van der Waals surface area (Å²) in [5.41, 5.74) is 0. The van der Waals surface area contributed by atoms with E-state index in [9.17, 15) is 9.90 Å². The Morgan fingerprint density at radius 1 is 1.67 bits per heavy atom. The molecule has 0 atom stereocenters. The number of carbonyl (C=O) groups is 1. The van der Waals surface area contributed by atoms with Gasteiger partial charge in [-0.05, 0) is 12.8 Å². The summed E-state index contributed by atoms with van der Waals surface area (Å²) in [6.45, 7) is 0.731. The monoisotopic (exact) mass is 168 g/mol. The van der Waals surface area contributed by atoms with Crippen LogP contribution >= 0.6 is 0 Å². The van der Waals surface area contributed by atoms with Crippen molar-refractivity contribution < 1.29 is 14.5 Å². The van der Waals surface area contributed by atoms with Crippen molar-refractivity contribution in [3.05, 3.63) is 18.7 Å². The molecule has 4 nitrogen and oxygen atoms in total. The number of aromatic nitrogens is 2. The molecule has 0 aliphatic carbocycles. The molecule has 0 amide bonds. The van der Waals surface area contributed by atoms with Crippen LogP contribution < -0.4 is 9.67 Å². The van der Waals surface area contributed by atoms with Crippen LogP contribution in [0.3, 0.4) is 0 Å². The van der Waals surface area contributed by atoms with Crippen LogP contribution in [-0.4, -0.2) is 10.5 Å². The molecule has 0 aromatic carbocycles. The molecule has 4 heteroatoms. The van der Waals surface area contributed by atoms with Gasteiger partial charge in [0, 0.05) is 5.97 Å². The van der Waals surface area contributed by atoms with Crippen molar-refractivity contribution >= 4 is 5.97 Å². The number of carboxylic acid groups (broad SMARTS) is 1. The van der Waals surface area contributed by atoms with Crippen LogP contribution in [0.2, 0.25) is 0 Å². The smallest absolute Gasteiger partial charge is 0.243 e. The largest absolute Gasteiger partial charge is 0.550 e. The zero-order valence-electron chi connectivity index (χ0n) is 7.06. The quantitative estimate of drug-likeness (QED) is 0.533. The lowest BCUT2D eigenvalue weighted by Gasteiger charge is -1.98. The Balaban J connectivity index is 2.29. The molecular weight excluding hydrogens is 156 g/mol. The van der Waals surface area contributed by atoms with E-state index in [1.165, 1.54) is 0 Å². The van der Waals surface area contributed by atoms with E-state index in [1.807, 2.05) is 34.9 Å². The summed E-state index contributed by atoms with van der Waals surface area (Å²) in [6.07, 6.45) is 6.49. The van der Waals surface area contributed by atoms with Gasteiger partial charge in [0.2, 0.25) is 6.33 Å². The second kappa shape index (κ2) is 3.90. The van der Waals surface area contributed by atoms with Gasteiger partial charge in [0.05, 0.1) is 13.6 Å². The van der Waals surface area contributed by atoms with Crippen LogP contribution in [0.1, 0.15) is 12.8 Å². The minimum absolute atomic E-state index is 0.127. The van der Waals surface area contributed by atoms with Gasteiger partial charge in [-0.2, -0.15) is 0 Å². The van der Waals surface area contributed by atoms with Crippen LogP contribution in [0.5, 0.6) is 0 Å². The second-order valence-corrected chi connectivity index (χ2v) is 2.79. The summed E-state index contributed by atoms with van der Waals surface area (Å²) < 4.78 is 3.86. The van der Waals surface area contributed by atoms with Gasteiger partial charge in [-0.15, -0.1) is 0 Å². The third kappa shape index (κ3) is 2.74. The normalized spacial score (nSPS) is 10.1. The predicted molar refractivity (Wildman–Crippen MR) is 39.8 cm³/mol. The maximum Gasteiger partial charge on any atom is 0.243 e. The molecule has 1 aromatic heterocycles. The second-order valence-electron chi connectivity index (χ2n) is 2.79. The van der Waals surface area contributed by atoms with Gasteiger partial charge >= 0.3 is 0 Å². The highest BCUT2D eigenvalue weighted by molar-refractivity contribution is 5.63. The van der Waals surface area contributed by atoms with Crippen molar-refractivity contribution in [2.24, 2.45) is 7.05 Å². The fourth-order valence-electron chi connectivity index (χ4n) is 1.04. The van der Waals surface area contributed by atoms with E-state index >= 15 is 0 Å². The number of hydrogen-bond acceptors (Lipinski definition) is 2. The first-order valence-electron chi connectivity index (χ1n) is 3.89. The van der Waals surface area contributed by atoms with Crippen LogP contribution in [0.4, 0.5) is 0 Å². The zero-order chi connectivity index (χ0) is 8.97. The third-order valence-corrected chi connectivity index (χ3v) is 1.62. The van der Waals surface area contributed by atoms with Crippen molar-refractivity contribution in [1.82, 2.24) is 4.57 Å². The first-order chi connectivity index (χ1) is 5.68. The number of carbonyl (C=O) groups excluding carboxylic acids is 1. The lowest BCUT2D eigenvalue weighted by atomic mass is 10.3. The van der Waals surface area contributed by atoms with E-state index in [0.717, 1.165) is 6.54 Å².